The highest BCUT2D eigenvalue weighted by Gasteiger charge is 2.45. The molecule has 3 unspecified atom stereocenters. The Morgan fingerprint density at radius 1 is 1.11 bits per heavy atom. The van der Waals surface area contributed by atoms with Crippen LogP contribution in [0.25, 0.3) is 5.70 Å². The number of ether oxygens (including phenoxy) is 1. The van der Waals surface area contributed by atoms with Crippen LogP contribution in [0.2, 0.25) is 0 Å². The van der Waals surface area contributed by atoms with Crippen molar-refractivity contribution in [3.05, 3.63) is 47.1 Å². The number of aromatic nitrogens is 1. The van der Waals surface area contributed by atoms with E-state index in [9.17, 15) is 27.1 Å². The maximum Gasteiger partial charge on any atom is 0.417 e. The lowest BCUT2D eigenvalue weighted by Gasteiger charge is -2.43. The number of allylic oxidation sites excluding steroid dienone is 2. The number of aliphatic hydroxyl groups is 1. The van der Waals surface area contributed by atoms with Crippen LogP contribution in [0.4, 0.5) is 22.0 Å². The summed E-state index contributed by atoms with van der Waals surface area (Å²) >= 11 is 0. The first-order valence-corrected chi connectivity index (χ1v) is 12.2. The number of rotatable bonds is 5. The molecular weight excluding hydrogens is 508 g/mol. The molecular formula is C25H37BF5N5O2. The number of halogens is 5. The molecule has 3 atom stereocenters. The second-order valence-corrected chi connectivity index (χ2v) is 9.76. The van der Waals surface area contributed by atoms with Crippen molar-refractivity contribution in [2.45, 2.75) is 57.8 Å². The number of fused-ring (bicyclic) bond motifs is 1. The summed E-state index contributed by atoms with van der Waals surface area (Å²) in [6, 6.07) is 0.688. The molecule has 2 aliphatic heterocycles. The topological polar surface area (TPSA) is 124 Å². The van der Waals surface area contributed by atoms with Crippen LogP contribution in [0, 0.1) is 17.8 Å². The Kier molecular flexibility index (Phi) is 11.0. The predicted octanol–water partition coefficient (Wildman–Crippen LogP) is 3.39. The molecule has 3 heterocycles. The normalized spacial score (nSPS) is 24.1. The molecule has 212 valence electrons. The van der Waals surface area contributed by atoms with Gasteiger partial charge in [0, 0.05) is 50.0 Å². The van der Waals surface area contributed by atoms with E-state index in [0.717, 1.165) is 63.4 Å². The maximum absolute atomic E-state index is 12.7. The van der Waals surface area contributed by atoms with Crippen LogP contribution >= 0.6 is 0 Å². The molecule has 7 nitrogen and oxygen atoms in total. The van der Waals surface area contributed by atoms with E-state index >= 15 is 0 Å². The Bertz CT molecular complexity index is 967. The van der Waals surface area contributed by atoms with Gasteiger partial charge in [-0.3, -0.25) is 9.88 Å². The molecule has 1 aromatic heterocycles. The van der Waals surface area contributed by atoms with Gasteiger partial charge in [0.1, 0.15) is 13.7 Å². The van der Waals surface area contributed by atoms with E-state index in [1.807, 2.05) is 0 Å². The molecule has 38 heavy (non-hydrogen) atoms. The zero-order valence-electron chi connectivity index (χ0n) is 20.4. The molecule has 0 aromatic carbocycles. The molecule has 2 saturated heterocycles. The number of nitrogens with zero attached hydrogens (tertiary/aromatic N) is 2. The summed E-state index contributed by atoms with van der Waals surface area (Å²) in [5, 5.41) is 10.6. The highest BCUT2D eigenvalue weighted by molar-refractivity contribution is 6.14. The summed E-state index contributed by atoms with van der Waals surface area (Å²) in [6.07, 6.45) is 0.374. The molecule has 0 bridgehead atoms. The van der Waals surface area contributed by atoms with Gasteiger partial charge in [0.05, 0.1) is 16.8 Å². The minimum absolute atomic E-state index is 0. The predicted molar refractivity (Wildman–Crippen MR) is 136 cm³/mol. The molecule has 1 aromatic rings. The van der Waals surface area contributed by atoms with Crippen LogP contribution in [0.3, 0.4) is 0 Å². The Morgan fingerprint density at radius 2 is 1.68 bits per heavy atom. The minimum atomic E-state index is -4.69. The van der Waals surface area contributed by atoms with Gasteiger partial charge in [-0.1, -0.05) is 13.8 Å². The molecule has 7 N–H and O–H groups in total. The van der Waals surface area contributed by atoms with Gasteiger partial charge < -0.3 is 27.0 Å². The van der Waals surface area contributed by atoms with E-state index in [1.165, 1.54) is 19.3 Å². The van der Waals surface area contributed by atoms with Crippen molar-refractivity contribution in [1.82, 2.24) is 9.88 Å². The first kappa shape index (κ1) is 31.8. The first-order valence-electron chi connectivity index (χ1n) is 12.2. The average Bonchev–Trinajstić information content (AvgIpc) is 3.45. The molecule has 0 amide bonds. The van der Waals surface area contributed by atoms with Gasteiger partial charge in [-0.25, -0.2) is 8.78 Å². The van der Waals surface area contributed by atoms with E-state index in [1.54, 1.807) is 0 Å². The average molecular weight is 545 g/mol. The Morgan fingerprint density at radius 3 is 2.18 bits per heavy atom. The van der Waals surface area contributed by atoms with Crippen molar-refractivity contribution in [1.29, 1.82) is 0 Å². The Balaban J connectivity index is 0.000000262. The highest BCUT2D eigenvalue weighted by Crippen LogP contribution is 2.42. The number of pyridine rings is 1. The Hall–Kier alpha value is -2.38. The highest BCUT2D eigenvalue weighted by atomic mass is 19.4. The quantitative estimate of drug-likeness (QED) is 0.254. The number of likely N-dealkylation sites (tertiary alicyclic amines) is 1. The van der Waals surface area contributed by atoms with Gasteiger partial charge in [0.15, 0.2) is 0 Å². The second-order valence-electron chi connectivity index (χ2n) is 9.76. The second kappa shape index (κ2) is 13.1. The molecule has 3 aliphatic rings. The summed E-state index contributed by atoms with van der Waals surface area (Å²) < 4.78 is 68.8. The van der Waals surface area contributed by atoms with Crippen LogP contribution in [0.15, 0.2) is 35.9 Å². The lowest BCUT2D eigenvalue weighted by atomic mass is 9.74. The fourth-order valence-corrected chi connectivity index (χ4v) is 5.30. The molecule has 1 saturated carbocycles. The molecule has 13 heteroatoms. The zero-order valence-corrected chi connectivity index (χ0v) is 20.4. The lowest BCUT2D eigenvalue weighted by Crippen LogP contribution is -2.55. The molecule has 3 fully saturated rings. The minimum Gasteiger partial charge on any atom is -0.398 e. The van der Waals surface area contributed by atoms with Gasteiger partial charge in [-0.2, -0.15) is 13.2 Å². The van der Waals surface area contributed by atoms with E-state index in [2.05, 4.69) is 9.88 Å². The van der Waals surface area contributed by atoms with Gasteiger partial charge >= 0.3 is 6.18 Å². The van der Waals surface area contributed by atoms with Crippen LogP contribution in [-0.2, 0) is 10.9 Å². The van der Waals surface area contributed by atoms with Crippen molar-refractivity contribution in [2.24, 2.45) is 35.0 Å². The van der Waals surface area contributed by atoms with Crippen molar-refractivity contribution in [3.8, 4) is 0 Å². The monoisotopic (exact) mass is 545 g/mol. The third-order valence-electron chi connectivity index (χ3n) is 7.37. The third kappa shape index (κ3) is 7.60. The van der Waals surface area contributed by atoms with Crippen molar-refractivity contribution in [2.75, 3.05) is 26.3 Å². The van der Waals surface area contributed by atoms with Crippen LogP contribution in [0.1, 0.15) is 50.7 Å². The smallest absolute Gasteiger partial charge is 0.398 e. The fraction of sp³-hybridized carbons (Fsp3) is 0.640. The summed E-state index contributed by atoms with van der Waals surface area (Å²) in [6.45, 7) is 3.47. The van der Waals surface area contributed by atoms with Crippen LogP contribution < -0.4 is 17.2 Å². The zero-order chi connectivity index (χ0) is 27.4. The van der Waals surface area contributed by atoms with Crippen molar-refractivity contribution < 1.29 is 31.8 Å². The van der Waals surface area contributed by atoms with Crippen molar-refractivity contribution in [3.63, 3.8) is 0 Å². The van der Waals surface area contributed by atoms with Crippen LogP contribution in [-0.4, -0.2) is 61.2 Å². The fourth-order valence-electron chi connectivity index (χ4n) is 5.30. The summed E-state index contributed by atoms with van der Waals surface area (Å²) in [5.41, 5.74) is 11.3. The van der Waals surface area contributed by atoms with E-state index in [-0.39, 0.29) is 13.3 Å². The van der Waals surface area contributed by atoms with Crippen molar-refractivity contribution >= 4 is 13.5 Å². The summed E-state index contributed by atoms with van der Waals surface area (Å²) in [7, 11) is 6.23. The van der Waals surface area contributed by atoms with Crippen LogP contribution in [0.5, 0.6) is 0 Å². The SMILES string of the molecule is C.NC(N)=C(/C=C(\N)c1cnccc1C(F)(F)F)C(F)F.[B]C(O)(C1CCOCC1)N1CC2CCCC2C1. The van der Waals surface area contributed by atoms with E-state index in [4.69, 9.17) is 29.8 Å². The van der Waals surface area contributed by atoms with E-state index < -0.39 is 46.4 Å². The van der Waals surface area contributed by atoms with Gasteiger partial charge in [-0.05, 0) is 55.6 Å². The molecule has 4 rings (SSSR count). The van der Waals surface area contributed by atoms with Gasteiger partial charge in [0.2, 0.25) is 0 Å². The largest absolute Gasteiger partial charge is 0.417 e. The molecule has 2 radical (unpaired) electrons. The standard InChI is InChI=1S/C13H22BNO2.C11H11F5N4.CH4/c14-13(16,12-4-6-17-7-5-12)15-8-10-2-1-3-11(10)9-15;12-9(13)5(10(18)19)3-8(17)6-4-20-2-1-7(6)11(14,15)16;/h10-12,16H,1-9H2;1-4,9H,17-19H2;1H4/b;8-3-;. The Labute approximate surface area is 221 Å². The number of nitrogens with two attached hydrogens (primary N) is 3. The maximum atomic E-state index is 12.7. The molecule has 1 aliphatic carbocycles. The van der Waals surface area contributed by atoms with E-state index in [0.29, 0.717) is 12.1 Å². The van der Waals surface area contributed by atoms with Gasteiger partial charge in [-0.15, -0.1) is 0 Å². The summed E-state index contributed by atoms with van der Waals surface area (Å²) in [5.74, 6) is 1.02. The number of alkyl halides is 5. The first-order chi connectivity index (χ1) is 17.3. The third-order valence-corrected chi connectivity index (χ3v) is 7.37. The van der Waals surface area contributed by atoms with Gasteiger partial charge in [0.25, 0.3) is 6.43 Å². The summed E-state index contributed by atoms with van der Waals surface area (Å²) in [4.78, 5) is 5.63. The lowest BCUT2D eigenvalue weighted by molar-refractivity contribution is -0.137. The number of hydrogen-bond donors (Lipinski definition) is 4. The number of hydrogen-bond acceptors (Lipinski definition) is 7. The molecule has 0 spiro atoms.